The maximum atomic E-state index is 10.8. The molecule has 0 unspecified atom stereocenters. The molecule has 104 valence electrons. The van der Waals surface area contributed by atoms with E-state index in [0.717, 1.165) is 6.42 Å². The fourth-order valence-electron chi connectivity index (χ4n) is 1.97. The maximum absolute atomic E-state index is 10.8. The molecular weight excluding hydrogens is 350 g/mol. The Labute approximate surface area is 150 Å². The summed E-state index contributed by atoms with van der Waals surface area (Å²) in [6.45, 7) is 2.26. The Morgan fingerprint density at radius 3 is 1.67 bits per heavy atom. The minimum absolute atomic E-state index is 0. The van der Waals surface area contributed by atoms with E-state index >= 15 is 0 Å². The summed E-state index contributed by atoms with van der Waals surface area (Å²) in [5.74, 6) is -0.0819. The first-order chi connectivity index (χ1) is 8.31. The van der Waals surface area contributed by atoms with Crippen molar-refractivity contribution in [2.45, 2.75) is 84.0 Å². The molecule has 0 aliphatic heterocycles. The number of halogens is 1. The summed E-state index contributed by atoms with van der Waals surface area (Å²) in [4.78, 5) is 10.8. The van der Waals surface area contributed by atoms with Crippen molar-refractivity contribution in [3.63, 3.8) is 0 Å². The first-order valence-electron chi connectivity index (χ1n) is 7.12. The van der Waals surface area contributed by atoms with Gasteiger partial charge in [0.05, 0.1) is 0 Å². The summed E-state index contributed by atoms with van der Waals surface area (Å²) in [5, 5.41) is 0. The molecule has 0 N–H and O–H groups in total. The molecule has 0 aromatic carbocycles. The first-order valence-corrected chi connectivity index (χ1v) is 8.00. The van der Waals surface area contributed by atoms with Gasteiger partial charge in [-0.15, -0.1) is 0 Å². The van der Waals surface area contributed by atoms with Crippen LogP contribution in [0.3, 0.4) is 0 Å². The molecule has 0 aliphatic rings. The average Bonchev–Trinajstić information content (AvgIpc) is 2.35. The van der Waals surface area contributed by atoms with Gasteiger partial charge in [0, 0.05) is 6.42 Å². The maximum Gasteiger partial charge on any atom is 1.00 e. The van der Waals surface area contributed by atoms with Crippen molar-refractivity contribution in [3.8, 4) is 0 Å². The summed E-state index contributed by atoms with van der Waals surface area (Å²) >= 11 is 1.66. The zero-order valence-corrected chi connectivity index (χ0v) is 16.3. The van der Waals surface area contributed by atoms with E-state index in [-0.39, 0.29) is 37.0 Å². The van der Waals surface area contributed by atoms with Crippen LogP contribution < -0.4 is 29.6 Å². The third-order valence-corrected chi connectivity index (χ3v) is 3.56. The van der Waals surface area contributed by atoms with Crippen LogP contribution in [0.15, 0.2) is 0 Å². The molecule has 0 aliphatic carbocycles. The predicted molar refractivity (Wildman–Crippen MR) is 82.3 cm³/mol. The van der Waals surface area contributed by atoms with Gasteiger partial charge in [0.25, 0.3) is 0 Å². The number of carbonyl (C=O) groups is 1. The van der Waals surface area contributed by atoms with Crippen molar-refractivity contribution < 1.29 is 38.8 Å². The van der Waals surface area contributed by atoms with Crippen LogP contribution in [0.2, 0.25) is 0 Å². The van der Waals surface area contributed by atoms with Gasteiger partial charge in [-0.1, -0.05) is 71.1 Å². The van der Waals surface area contributed by atoms with Crippen molar-refractivity contribution >= 4 is 29.0 Å². The molecule has 0 fully saturated rings. The van der Waals surface area contributed by atoms with Gasteiger partial charge in [0.2, 0.25) is 0 Å². The molecule has 0 saturated heterocycles. The quantitative estimate of drug-likeness (QED) is 0.297. The van der Waals surface area contributed by atoms with Gasteiger partial charge in [-0.05, 0) is 6.42 Å². The molecule has 2 nitrogen and oxygen atoms in total. The van der Waals surface area contributed by atoms with E-state index in [1.54, 1.807) is 23.0 Å². The van der Waals surface area contributed by atoms with Gasteiger partial charge in [-0.2, -0.15) is 0 Å². The zero-order valence-electron chi connectivity index (χ0n) is 13.2. The van der Waals surface area contributed by atoms with Crippen LogP contribution in [0, 0.1) is 0 Å². The van der Waals surface area contributed by atoms with Crippen LogP contribution in [-0.4, -0.2) is 5.97 Å². The van der Waals surface area contributed by atoms with Crippen molar-refractivity contribution in [1.29, 1.82) is 0 Å². The number of carbonyl (C=O) groups excluding carboxylic acids is 1. The van der Waals surface area contributed by atoms with Gasteiger partial charge >= 0.3 is 35.5 Å². The Bertz CT molecular complexity index is 183. The number of hydrogen-bond donors (Lipinski definition) is 0. The number of hydrogen-bond acceptors (Lipinski definition) is 2. The van der Waals surface area contributed by atoms with Crippen molar-refractivity contribution in [2.24, 2.45) is 0 Å². The van der Waals surface area contributed by atoms with E-state index in [1.807, 2.05) is 0 Å². The van der Waals surface area contributed by atoms with Gasteiger partial charge in [0.15, 0.2) is 23.0 Å². The smallest absolute Gasteiger partial charge is 1.00 e. The van der Waals surface area contributed by atoms with Gasteiger partial charge in [-0.3, -0.25) is 4.79 Å². The molecule has 18 heavy (non-hydrogen) atoms. The van der Waals surface area contributed by atoms with E-state index in [0.29, 0.717) is 6.42 Å². The van der Waals surface area contributed by atoms with Crippen LogP contribution in [-0.2, 0) is 7.86 Å². The monoisotopic (exact) mass is 378 g/mol. The van der Waals surface area contributed by atoms with Crippen molar-refractivity contribution in [1.82, 2.24) is 0 Å². The second-order valence-electron chi connectivity index (χ2n) is 4.73. The van der Waals surface area contributed by atoms with E-state index in [2.05, 4.69) is 9.99 Å². The molecule has 0 saturated carbocycles. The molecule has 0 amide bonds. The van der Waals surface area contributed by atoms with Crippen LogP contribution in [0.1, 0.15) is 85.4 Å². The average molecular weight is 378 g/mol. The van der Waals surface area contributed by atoms with Crippen molar-refractivity contribution in [2.75, 3.05) is 0 Å². The van der Waals surface area contributed by atoms with Crippen LogP contribution in [0.4, 0.5) is 0 Å². The fourth-order valence-corrected chi connectivity index (χ4v) is 2.19. The molecule has 0 heterocycles. The third-order valence-electron chi connectivity index (χ3n) is 3.07. The number of rotatable bonds is 12. The van der Waals surface area contributed by atoms with Gasteiger partial charge in [0.1, 0.15) is 0 Å². The minimum atomic E-state index is -0.0819. The Morgan fingerprint density at radius 1 is 0.889 bits per heavy atom. The minimum Gasteiger partial charge on any atom is -1.00 e. The second-order valence-corrected chi connectivity index (χ2v) is 5.18. The summed E-state index contributed by atoms with van der Waals surface area (Å²) in [6, 6.07) is 0. The standard InChI is InChI=1S/C14H27IO2.Na.H/c1-2-3-4-5-6-7-8-9-10-11-12-13-14(16)17-15;;/h2-13H2,1H3;;/q;+1;-1. The summed E-state index contributed by atoms with van der Waals surface area (Å²) in [7, 11) is 0. The predicted octanol–water partition coefficient (Wildman–Crippen LogP) is 2.70. The van der Waals surface area contributed by atoms with Crippen LogP contribution in [0.25, 0.3) is 0 Å². The summed E-state index contributed by atoms with van der Waals surface area (Å²) in [5.41, 5.74) is 0. The Kier molecular flexibility index (Phi) is 21.7. The summed E-state index contributed by atoms with van der Waals surface area (Å²) in [6.07, 6.45) is 15.0. The summed E-state index contributed by atoms with van der Waals surface area (Å²) < 4.78 is 4.57. The largest absolute Gasteiger partial charge is 1.00 e. The fraction of sp³-hybridized carbons (Fsp3) is 0.929. The molecule has 0 radical (unpaired) electrons. The molecule has 0 aromatic rings. The topological polar surface area (TPSA) is 26.3 Å². The van der Waals surface area contributed by atoms with E-state index in [1.165, 1.54) is 64.2 Å². The Hall–Kier alpha value is 1.20. The zero-order chi connectivity index (χ0) is 12.8. The Balaban J connectivity index is -0.00000128. The molecule has 0 rings (SSSR count). The van der Waals surface area contributed by atoms with Gasteiger partial charge in [-0.25, -0.2) is 0 Å². The molecule has 0 bridgehead atoms. The second kappa shape index (κ2) is 18.2. The molecular formula is C14H28INaO2. The third kappa shape index (κ3) is 17.2. The number of unbranched alkanes of at least 4 members (excludes halogenated alkanes) is 10. The first kappa shape index (κ1) is 21.5. The molecule has 0 atom stereocenters. The van der Waals surface area contributed by atoms with Gasteiger partial charge < -0.3 is 4.49 Å². The molecule has 4 heteroatoms. The van der Waals surface area contributed by atoms with Crippen LogP contribution >= 0.6 is 23.0 Å². The van der Waals surface area contributed by atoms with E-state index < -0.39 is 0 Å². The normalized spacial score (nSPS) is 9.89. The van der Waals surface area contributed by atoms with E-state index in [9.17, 15) is 4.79 Å². The van der Waals surface area contributed by atoms with Crippen molar-refractivity contribution in [3.05, 3.63) is 0 Å². The molecule has 0 spiro atoms. The molecule has 0 aromatic heterocycles. The van der Waals surface area contributed by atoms with Crippen LogP contribution in [0.5, 0.6) is 0 Å². The SMILES string of the molecule is CCCCCCCCCCCCCC(=O)OI.[H-].[Na+]. The Morgan fingerprint density at radius 2 is 1.28 bits per heavy atom. The van der Waals surface area contributed by atoms with E-state index in [4.69, 9.17) is 0 Å².